The van der Waals surface area contributed by atoms with Gasteiger partial charge in [-0.3, -0.25) is 4.79 Å². The highest BCUT2D eigenvalue weighted by Gasteiger charge is 2.35. The number of alkyl halides is 3. The number of benzene rings is 1. The zero-order valence-corrected chi connectivity index (χ0v) is 15.1. The van der Waals surface area contributed by atoms with Gasteiger partial charge in [0.2, 0.25) is 5.95 Å². The van der Waals surface area contributed by atoms with E-state index in [1.165, 1.54) is 0 Å². The smallest absolute Gasteiger partial charge is 0.370 e. The predicted octanol–water partition coefficient (Wildman–Crippen LogP) is 3.70. The van der Waals surface area contributed by atoms with E-state index in [1.807, 2.05) is 13.0 Å². The van der Waals surface area contributed by atoms with Crippen LogP contribution in [-0.2, 0) is 12.7 Å². The van der Waals surface area contributed by atoms with Gasteiger partial charge in [0, 0.05) is 30.5 Å². The Hall–Kier alpha value is -3.30. The van der Waals surface area contributed by atoms with Crippen molar-refractivity contribution in [2.75, 3.05) is 17.2 Å². The standard InChI is InChI=1S/C18H17F3N6O/c1-3-22-14-13-11(18(19,20)21)7-23-15(13)27-17(26-14)25-12-5-10-9(4-8(12)2)6-24-16(10)28/h4-5,7H,3,6H2,1-2H3,(H,24,28)(H3,22,23,25,26,27). The molecule has 1 aliphatic rings. The third kappa shape index (κ3) is 3.00. The fraction of sp³-hybridized carbons (Fsp3) is 0.278. The lowest BCUT2D eigenvalue weighted by molar-refractivity contribution is -0.136. The SMILES string of the molecule is CCNc1nc(Nc2cc3c(cc2C)CNC3=O)nc2[nH]cc(C(F)(F)F)c12. The summed E-state index contributed by atoms with van der Waals surface area (Å²) in [5.74, 6) is 0.0440. The third-order valence-electron chi connectivity index (χ3n) is 4.56. The van der Waals surface area contributed by atoms with Gasteiger partial charge < -0.3 is 20.9 Å². The van der Waals surface area contributed by atoms with E-state index in [-0.39, 0.29) is 28.7 Å². The molecule has 0 aliphatic carbocycles. The Morgan fingerprint density at radius 3 is 2.75 bits per heavy atom. The molecule has 0 radical (unpaired) electrons. The average molecular weight is 390 g/mol. The Morgan fingerprint density at radius 1 is 1.25 bits per heavy atom. The van der Waals surface area contributed by atoms with Gasteiger partial charge in [0.1, 0.15) is 11.5 Å². The van der Waals surface area contributed by atoms with Gasteiger partial charge in [-0.25, -0.2) is 0 Å². The number of fused-ring (bicyclic) bond motifs is 2. The maximum absolute atomic E-state index is 13.3. The second kappa shape index (κ2) is 6.39. The van der Waals surface area contributed by atoms with Crippen LogP contribution in [0.1, 0.15) is 34.0 Å². The largest absolute Gasteiger partial charge is 0.418 e. The van der Waals surface area contributed by atoms with E-state index in [0.29, 0.717) is 24.3 Å². The lowest BCUT2D eigenvalue weighted by atomic mass is 10.0. The van der Waals surface area contributed by atoms with E-state index < -0.39 is 11.7 Å². The van der Waals surface area contributed by atoms with Crippen molar-refractivity contribution >= 4 is 34.4 Å². The molecule has 0 atom stereocenters. The molecular formula is C18H17F3N6O. The molecule has 0 saturated heterocycles. The molecule has 7 nitrogen and oxygen atoms in total. The summed E-state index contributed by atoms with van der Waals surface area (Å²) in [5, 5.41) is 8.53. The number of carbonyl (C=O) groups is 1. The molecule has 0 unspecified atom stereocenters. The molecule has 3 aromatic rings. The van der Waals surface area contributed by atoms with Crippen molar-refractivity contribution in [1.82, 2.24) is 20.3 Å². The monoisotopic (exact) mass is 390 g/mol. The Balaban J connectivity index is 1.78. The minimum absolute atomic E-state index is 0.0670. The fourth-order valence-corrected chi connectivity index (χ4v) is 3.26. The molecule has 146 valence electrons. The fourth-order valence-electron chi connectivity index (χ4n) is 3.26. The summed E-state index contributed by atoms with van der Waals surface area (Å²) >= 11 is 0. The number of amides is 1. The number of rotatable bonds is 4. The summed E-state index contributed by atoms with van der Waals surface area (Å²) in [5.41, 5.74) is 2.18. The van der Waals surface area contributed by atoms with E-state index >= 15 is 0 Å². The molecule has 3 heterocycles. The zero-order chi connectivity index (χ0) is 20.1. The number of aromatic nitrogens is 3. The third-order valence-corrected chi connectivity index (χ3v) is 4.56. The van der Waals surface area contributed by atoms with Crippen molar-refractivity contribution in [1.29, 1.82) is 0 Å². The topological polar surface area (TPSA) is 94.7 Å². The molecule has 1 amide bonds. The maximum Gasteiger partial charge on any atom is 0.418 e. The van der Waals surface area contributed by atoms with Crippen LogP contribution >= 0.6 is 0 Å². The van der Waals surface area contributed by atoms with E-state index in [9.17, 15) is 18.0 Å². The summed E-state index contributed by atoms with van der Waals surface area (Å²) in [7, 11) is 0. The van der Waals surface area contributed by atoms with Crippen LogP contribution in [0.3, 0.4) is 0 Å². The second-order valence-corrected chi connectivity index (χ2v) is 6.48. The quantitative estimate of drug-likeness (QED) is 0.545. The zero-order valence-electron chi connectivity index (χ0n) is 15.1. The number of anilines is 3. The minimum atomic E-state index is -4.52. The summed E-state index contributed by atoms with van der Waals surface area (Å²) in [6.45, 7) is 4.51. The van der Waals surface area contributed by atoms with Crippen molar-refractivity contribution in [3.05, 3.63) is 40.6 Å². The summed E-state index contributed by atoms with van der Waals surface area (Å²) in [6, 6.07) is 3.58. The van der Waals surface area contributed by atoms with Gasteiger partial charge >= 0.3 is 6.18 Å². The van der Waals surface area contributed by atoms with Crippen molar-refractivity contribution in [2.45, 2.75) is 26.6 Å². The van der Waals surface area contributed by atoms with Gasteiger partial charge in [0.05, 0.1) is 10.9 Å². The lowest BCUT2D eigenvalue weighted by Gasteiger charge is -2.13. The molecule has 1 aromatic carbocycles. The van der Waals surface area contributed by atoms with Gasteiger partial charge in [-0.15, -0.1) is 0 Å². The molecular weight excluding hydrogens is 373 g/mol. The minimum Gasteiger partial charge on any atom is -0.370 e. The van der Waals surface area contributed by atoms with Crippen molar-refractivity contribution in [2.24, 2.45) is 0 Å². The molecule has 10 heteroatoms. The molecule has 2 aromatic heterocycles. The second-order valence-electron chi connectivity index (χ2n) is 6.48. The van der Waals surface area contributed by atoms with Crippen LogP contribution in [0, 0.1) is 6.92 Å². The molecule has 1 aliphatic heterocycles. The van der Waals surface area contributed by atoms with Crippen molar-refractivity contribution < 1.29 is 18.0 Å². The maximum atomic E-state index is 13.3. The molecule has 0 spiro atoms. The Morgan fingerprint density at radius 2 is 2.04 bits per heavy atom. The van der Waals surface area contributed by atoms with Gasteiger partial charge in [-0.05, 0) is 31.0 Å². The molecule has 4 N–H and O–H groups in total. The first-order valence-corrected chi connectivity index (χ1v) is 8.67. The van der Waals surface area contributed by atoms with E-state index in [1.54, 1.807) is 13.0 Å². The summed E-state index contributed by atoms with van der Waals surface area (Å²) in [6.07, 6.45) is -3.64. The lowest BCUT2D eigenvalue weighted by Crippen LogP contribution is -2.12. The van der Waals surface area contributed by atoms with Gasteiger partial charge in [0.15, 0.2) is 0 Å². The highest BCUT2D eigenvalue weighted by molar-refractivity contribution is 5.99. The Labute approximate surface area is 157 Å². The number of H-pyrrole nitrogens is 1. The molecule has 0 fully saturated rings. The molecule has 0 saturated carbocycles. The van der Waals surface area contributed by atoms with Crippen LogP contribution in [0.25, 0.3) is 11.0 Å². The molecule has 28 heavy (non-hydrogen) atoms. The number of aromatic amines is 1. The molecule has 4 rings (SSSR count). The Bertz CT molecular complexity index is 1090. The number of hydrogen-bond acceptors (Lipinski definition) is 5. The first kappa shape index (κ1) is 18.1. The summed E-state index contributed by atoms with van der Waals surface area (Å²) in [4.78, 5) is 22.9. The Kier molecular flexibility index (Phi) is 4.13. The number of hydrogen-bond donors (Lipinski definition) is 4. The van der Waals surface area contributed by atoms with Gasteiger partial charge in [-0.2, -0.15) is 23.1 Å². The van der Waals surface area contributed by atoms with Crippen molar-refractivity contribution in [3.63, 3.8) is 0 Å². The number of carbonyl (C=O) groups excluding carboxylic acids is 1. The van der Waals surface area contributed by atoms with Crippen LogP contribution in [0.4, 0.5) is 30.6 Å². The van der Waals surface area contributed by atoms with Crippen LogP contribution in [0.2, 0.25) is 0 Å². The average Bonchev–Trinajstić information content (AvgIpc) is 3.20. The van der Waals surface area contributed by atoms with Crippen LogP contribution < -0.4 is 16.0 Å². The number of nitrogens with one attached hydrogen (secondary N) is 4. The first-order valence-electron chi connectivity index (χ1n) is 8.67. The van der Waals surface area contributed by atoms with Crippen LogP contribution in [-0.4, -0.2) is 27.4 Å². The van der Waals surface area contributed by atoms with Crippen LogP contribution in [0.15, 0.2) is 18.3 Å². The van der Waals surface area contributed by atoms with Crippen molar-refractivity contribution in [3.8, 4) is 0 Å². The number of nitrogens with zero attached hydrogens (tertiary/aromatic N) is 2. The number of halogens is 3. The number of aryl methyl sites for hydroxylation is 1. The molecule has 0 bridgehead atoms. The predicted molar refractivity (Wildman–Crippen MR) is 98.7 cm³/mol. The highest BCUT2D eigenvalue weighted by atomic mass is 19.4. The van der Waals surface area contributed by atoms with Crippen LogP contribution in [0.5, 0.6) is 0 Å². The highest BCUT2D eigenvalue weighted by Crippen LogP contribution is 2.38. The first-order chi connectivity index (χ1) is 13.3. The van der Waals surface area contributed by atoms with E-state index in [2.05, 4.69) is 30.9 Å². The van der Waals surface area contributed by atoms with E-state index in [4.69, 9.17) is 0 Å². The van der Waals surface area contributed by atoms with E-state index in [0.717, 1.165) is 17.3 Å². The summed E-state index contributed by atoms with van der Waals surface area (Å²) < 4.78 is 39.8. The van der Waals surface area contributed by atoms with Gasteiger partial charge in [0.25, 0.3) is 5.91 Å². The van der Waals surface area contributed by atoms with Gasteiger partial charge in [-0.1, -0.05) is 6.07 Å². The normalized spacial score (nSPS) is 13.5.